The first-order valence-corrected chi connectivity index (χ1v) is 7.76. The van der Waals surface area contributed by atoms with Crippen molar-refractivity contribution in [2.24, 2.45) is 0 Å². The molecule has 1 aliphatic rings. The summed E-state index contributed by atoms with van der Waals surface area (Å²) in [6.07, 6.45) is 3.27. The van der Waals surface area contributed by atoms with Gasteiger partial charge < -0.3 is 10.2 Å². The molecular formula is C14H16BrClN2O2. The van der Waals surface area contributed by atoms with Crippen LogP contribution in [-0.4, -0.2) is 36.3 Å². The van der Waals surface area contributed by atoms with Crippen LogP contribution in [0.15, 0.2) is 22.7 Å². The van der Waals surface area contributed by atoms with Gasteiger partial charge >= 0.3 is 0 Å². The fourth-order valence-corrected chi connectivity index (χ4v) is 2.65. The van der Waals surface area contributed by atoms with Crippen LogP contribution in [0.2, 0.25) is 5.02 Å². The summed E-state index contributed by atoms with van der Waals surface area (Å²) in [5.41, 5.74) is 0.479. The molecule has 0 radical (unpaired) electrons. The first-order valence-electron chi connectivity index (χ1n) is 6.59. The van der Waals surface area contributed by atoms with Gasteiger partial charge in [-0.1, -0.05) is 11.6 Å². The van der Waals surface area contributed by atoms with Gasteiger partial charge in [0.1, 0.15) is 0 Å². The normalized spacial score (nSPS) is 15.0. The number of nitrogens with zero attached hydrogens (tertiary/aromatic N) is 1. The summed E-state index contributed by atoms with van der Waals surface area (Å²) in [5, 5.41) is 3.20. The number of amides is 2. The predicted molar refractivity (Wildman–Crippen MR) is 81.9 cm³/mol. The van der Waals surface area contributed by atoms with Gasteiger partial charge in [-0.05, 0) is 53.4 Å². The maximum absolute atomic E-state index is 11.9. The molecule has 0 aromatic heterocycles. The van der Waals surface area contributed by atoms with Crippen molar-refractivity contribution >= 4 is 39.3 Å². The molecule has 0 aliphatic carbocycles. The molecule has 0 saturated carbocycles. The number of piperidine rings is 1. The minimum atomic E-state index is -0.271. The summed E-state index contributed by atoms with van der Waals surface area (Å²) in [4.78, 5) is 25.7. The summed E-state index contributed by atoms with van der Waals surface area (Å²) >= 11 is 9.14. The zero-order valence-corrected chi connectivity index (χ0v) is 13.3. The highest BCUT2D eigenvalue weighted by Gasteiger charge is 2.17. The molecule has 1 aliphatic heterocycles. The Labute approximate surface area is 131 Å². The Balaban J connectivity index is 1.88. The van der Waals surface area contributed by atoms with Crippen LogP contribution in [0.25, 0.3) is 0 Å². The van der Waals surface area contributed by atoms with Crippen molar-refractivity contribution in [1.82, 2.24) is 10.2 Å². The number of carbonyl (C=O) groups excluding carboxylic acids is 2. The second kappa shape index (κ2) is 7.09. The van der Waals surface area contributed by atoms with Gasteiger partial charge in [-0.2, -0.15) is 0 Å². The number of likely N-dealkylation sites (tertiary alicyclic amines) is 1. The minimum Gasteiger partial charge on any atom is -0.343 e. The third-order valence-electron chi connectivity index (χ3n) is 3.29. The molecule has 0 atom stereocenters. The molecular weight excluding hydrogens is 344 g/mol. The Bertz CT molecular complexity index is 516. The molecule has 0 spiro atoms. The van der Waals surface area contributed by atoms with Gasteiger partial charge in [-0.3, -0.25) is 9.59 Å². The lowest BCUT2D eigenvalue weighted by Gasteiger charge is -2.26. The summed E-state index contributed by atoms with van der Waals surface area (Å²) < 4.78 is 0.661. The smallest absolute Gasteiger partial charge is 0.251 e. The molecule has 1 aromatic carbocycles. The van der Waals surface area contributed by atoms with Crippen LogP contribution < -0.4 is 5.32 Å². The van der Waals surface area contributed by atoms with E-state index in [-0.39, 0.29) is 18.4 Å². The average Bonchev–Trinajstić information content (AvgIpc) is 2.48. The Kier molecular flexibility index (Phi) is 5.43. The van der Waals surface area contributed by atoms with E-state index in [0.29, 0.717) is 15.1 Å². The Morgan fingerprint density at radius 2 is 1.95 bits per heavy atom. The molecule has 0 bridgehead atoms. The van der Waals surface area contributed by atoms with Gasteiger partial charge in [0.05, 0.1) is 11.6 Å². The third-order valence-corrected chi connectivity index (χ3v) is 4.50. The van der Waals surface area contributed by atoms with E-state index in [1.165, 1.54) is 6.42 Å². The molecule has 2 amide bonds. The number of hydrogen-bond donors (Lipinski definition) is 1. The second-order valence-corrected chi connectivity index (χ2v) is 6.01. The fraction of sp³-hybridized carbons (Fsp3) is 0.429. The molecule has 1 aromatic rings. The zero-order chi connectivity index (χ0) is 14.5. The second-order valence-electron chi connectivity index (χ2n) is 4.75. The summed E-state index contributed by atoms with van der Waals surface area (Å²) in [6, 6.07) is 4.92. The van der Waals surface area contributed by atoms with E-state index in [4.69, 9.17) is 11.6 Å². The maximum Gasteiger partial charge on any atom is 0.251 e. The third kappa shape index (κ3) is 3.96. The van der Waals surface area contributed by atoms with Crippen molar-refractivity contribution in [3.8, 4) is 0 Å². The molecule has 1 fully saturated rings. The highest BCUT2D eigenvalue weighted by Crippen LogP contribution is 2.23. The Hall–Kier alpha value is -1.07. The lowest BCUT2D eigenvalue weighted by molar-refractivity contribution is -0.130. The number of carbonyl (C=O) groups is 2. The van der Waals surface area contributed by atoms with Crippen molar-refractivity contribution in [2.75, 3.05) is 19.6 Å². The number of halogens is 2. The number of hydrogen-bond acceptors (Lipinski definition) is 2. The summed E-state index contributed by atoms with van der Waals surface area (Å²) in [6.45, 7) is 1.63. The van der Waals surface area contributed by atoms with Gasteiger partial charge in [0, 0.05) is 23.1 Å². The summed E-state index contributed by atoms with van der Waals surface area (Å²) in [7, 11) is 0. The lowest BCUT2D eigenvalue weighted by atomic mass is 10.1. The van der Waals surface area contributed by atoms with Crippen LogP contribution in [0, 0.1) is 0 Å². The topological polar surface area (TPSA) is 49.4 Å². The van der Waals surface area contributed by atoms with Gasteiger partial charge in [-0.25, -0.2) is 0 Å². The number of nitrogens with one attached hydrogen (secondary N) is 1. The quantitative estimate of drug-likeness (QED) is 0.902. The predicted octanol–water partition coefficient (Wildman–Crippen LogP) is 2.84. The van der Waals surface area contributed by atoms with Crippen molar-refractivity contribution < 1.29 is 9.59 Å². The van der Waals surface area contributed by atoms with Crippen LogP contribution in [0.3, 0.4) is 0 Å². The fourth-order valence-electron chi connectivity index (χ4n) is 2.15. The van der Waals surface area contributed by atoms with Crippen molar-refractivity contribution in [2.45, 2.75) is 19.3 Å². The van der Waals surface area contributed by atoms with Crippen molar-refractivity contribution in [1.29, 1.82) is 0 Å². The van der Waals surface area contributed by atoms with Crippen LogP contribution in [0.5, 0.6) is 0 Å². The molecule has 108 valence electrons. The van der Waals surface area contributed by atoms with Gasteiger partial charge in [0.15, 0.2) is 0 Å². The molecule has 2 rings (SSSR count). The molecule has 1 heterocycles. The highest BCUT2D eigenvalue weighted by atomic mass is 79.9. The van der Waals surface area contributed by atoms with E-state index >= 15 is 0 Å². The van der Waals surface area contributed by atoms with Gasteiger partial charge in [0.25, 0.3) is 5.91 Å². The van der Waals surface area contributed by atoms with Crippen molar-refractivity contribution in [3.63, 3.8) is 0 Å². The van der Waals surface area contributed by atoms with Crippen LogP contribution in [-0.2, 0) is 4.79 Å². The highest BCUT2D eigenvalue weighted by molar-refractivity contribution is 9.10. The number of rotatable bonds is 3. The first-order chi connectivity index (χ1) is 9.58. The summed E-state index contributed by atoms with van der Waals surface area (Å²) in [5.74, 6) is -0.293. The van der Waals surface area contributed by atoms with E-state index in [9.17, 15) is 9.59 Å². The van der Waals surface area contributed by atoms with E-state index < -0.39 is 0 Å². The maximum atomic E-state index is 11.9. The van der Waals surface area contributed by atoms with E-state index in [2.05, 4.69) is 21.2 Å². The molecule has 20 heavy (non-hydrogen) atoms. The monoisotopic (exact) mass is 358 g/mol. The van der Waals surface area contributed by atoms with E-state index in [0.717, 1.165) is 25.9 Å². The molecule has 6 heteroatoms. The lowest BCUT2D eigenvalue weighted by Crippen LogP contribution is -2.42. The van der Waals surface area contributed by atoms with Crippen LogP contribution >= 0.6 is 27.5 Å². The standard InChI is InChI=1S/C14H16BrClN2O2/c15-11-8-10(4-5-12(11)16)14(20)17-9-13(19)18-6-2-1-3-7-18/h4-5,8H,1-3,6-7,9H2,(H,17,20). The van der Waals surface area contributed by atoms with Crippen LogP contribution in [0.1, 0.15) is 29.6 Å². The van der Waals surface area contributed by atoms with Crippen molar-refractivity contribution in [3.05, 3.63) is 33.3 Å². The molecule has 0 unspecified atom stereocenters. The van der Waals surface area contributed by atoms with E-state index in [1.807, 2.05) is 4.90 Å². The minimum absolute atomic E-state index is 0.0221. The average molecular weight is 360 g/mol. The Morgan fingerprint density at radius 3 is 2.60 bits per heavy atom. The van der Waals surface area contributed by atoms with Gasteiger partial charge in [0.2, 0.25) is 5.91 Å². The molecule has 1 saturated heterocycles. The van der Waals surface area contributed by atoms with Crippen LogP contribution in [0.4, 0.5) is 0 Å². The SMILES string of the molecule is O=C(NCC(=O)N1CCCCC1)c1ccc(Cl)c(Br)c1. The number of benzene rings is 1. The zero-order valence-electron chi connectivity index (χ0n) is 11.0. The van der Waals surface area contributed by atoms with Gasteiger partial charge in [-0.15, -0.1) is 0 Å². The largest absolute Gasteiger partial charge is 0.343 e. The first kappa shape index (κ1) is 15.3. The Morgan fingerprint density at radius 1 is 1.25 bits per heavy atom. The van der Waals surface area contributed by atoms with E-state index in [1.54, 1.807) is 18.2 Å². The molecule has 4 nitrogen and oxygen atoms in total. The molecule has 1 N–H and O–H groups in total.